The standard InChI is InChI=1S/C9H15N3S/c13-9-11-4-2-1-3-6-12-7-5-10-8-12/h5,7-9H,1-4,6H2,(H,11,13). The van der Waals surface area contributed by atoms with Crippen molar-refractivity contribution < 1.29 is 0 Å². The largest absolute Gasteiger partial charge is 0.382 e. The van der Waals surface area contributed by atoms with E-state index in [1.165, 1.54) is 19.3 Å². The van der Waals surface area contributed by atoms with Gasteiger partial charge in [0.05, 0.1) is 11.8 Å². The second-order valence-electron chi connectivity index (χ2n) is 2.93. The summed E-state index contributed by atoms with van der Waals surface area (Å²) in [6.07, 6.45) is 9.28. The number of thiocarbonyl (C=S) groups is 1. The van der Waals surface area contributed by atoms with Crippen LogP contribution in [0.15, 0.2) is 18.7 Å². The number of imidazole rings is 1. The first-order chi connectivity index (χ1) is 6.43. The molecule has 1 heterocycles. The number of aromatic nitrogens is 2. The summed E-state index contributed by atoms with van der Waals surface area (Å²) in [5.41, 5.74) is 1.58. The molecule has 0 aliphatic carbocycles. The van der Waals surface area contributed by atoms with E-state index >= 15 is 0 Å². The minimum Gasteiger partial charge on any atom is -0.382 e. The maximum absolute atomic E-state index is 4.65. The molecule has 1 aromatic rings. The van der Waals surface area contributed by atoms with Gasteiger partial charge in [-0.1, -0.05) is 12.2 Å². The molecule has 0 amide bonds. The molecule has 0 saturated heterocycles. The van der Waals surface area contributed by atoms with Gasteiger partial charge in [-0.15, -0.1) is 0 Å². The van der Waals surface area contributed by atoms with Gasteiger partial charge in [0, 0.05) is 25.5 Å². The molecule has 1 aromatic heterocycles. The Morgan fingerprint density at radius 1 is 1.38 bits per heavy atom. The van der Waals surface area contributed by atoms with Gasteiger partial charge in [0.25, 0.3) is 0 Å². The molecule has 0 spiro atoms. The number of unbranched alkanes of at least 4 members (excludes halogenated alkanes) is 2. The minimum absolute atomic E-state index is 0.993. The number of nitrogens with zero attached hydrogens (tertiary/aromatic N) is 2. The number of aryl methyl sites for hydroxylation is 1. The lowest BCUT2D eigenvalue weighted by Crippen LogP contribution is -2.10. The first-order valence-corrected chi connectivity index (χ1v) is 5.03. The summed E-state index contributed by atoms with van der Waals surface area (Å²) >= 11 is 4.65. The van der Waals surface area contributed by atoms with Crippen LogP contribution in [-0.4, -0.2) is 21.6 Å². The Bertz CT molecular complexity index is 221. The second-order valence-corrected chi connectivity index (χ2v) is 3.17. The number of nitrogens with one attached hydrogen (secondary N) is 1. The molecule has 1 rings (SSSR count). The Morgan fingerprint density at radius 2 is 2.31 bits per heavy atom. The van der Waals surface area contributed by atoms with Crippen LogP contribution >= 0.6 is 12.2 Å². The van der Waals surface area contributed by atoms with Crippen LogP contribution in [0.3, 0.4) is 0 Å². The molecule has 1 N–H and O–H groups in total. The lowest BCUT2D eigenvalue weighted by atomic mass is 10.2. The maximum atomic E-state index is 4.65. The molecule has 0 atom stereocenters. The topological polar surface area (TPSA) is 29.9 Å². The summed E-state index contributed by atoms with van der Waals surface area (Å²) in [5.74, 6) is 0. The van der Waals surface area contributed by atoms with E-state index in [1.807, 2.05) is 18.7 Å². The molecular formula is C9H15N3S. The summed E-state index contributed by atoms with van der Waals surface area (Å²) in [5, 5.41) is 3.01. The quantitative estimate of drug-likeness (QED) is 0.532. The lowest BCUT2D eigenvalue weighted by Gasteiger charge is -2.01. The Balaban J connectivity index is 1.93. The molecule has 0 aliphatic rings. The maximum Gasteiger partial charge on any atom is 0.0945 e. The van der Waals surface area contributed by atoms with Gasteiger partial charge in [-0.2, -0.15) is 0 Å². The molecule has 0 bridgehead atoms. The Labute approximate surface area is 84.2 Å². The van der Waals surface area contributed by atoms with Crippen LogP contribution in [0.2, 0.25) is 0 Å². The predicted octanol–water partition coefficient (Wildman–Crippen LogP) is 1.60. The molecule has 0 unspecified atom stereocenters. The first-order valence-electron chi connectivity index (χ1n) is 4.56. The summed E-state index contributed by atoms with van der Waals surface area (Å²) in [6, 6.07) is 0. The van der Waals surface area contributed by atoms with Crippen molar-refractivity contribution in [3.63, 3.8) is 0 Å². The van der Waals surface area contributed by atoms with Crippen LogP contribution in [0.5, 0.6) is 0 Å². The van der Waals surface area contributed by atoms with E-state index < -0.39 is 0 Å². The molecular weight excluding hydrogens is 182 g/mol. The van der Waals surface area contributed by atoms with Crippen LogP contribution < -0.4 is 5.32 Å². The molecule has 0 aromatic carbocycles. The SMILES string of the molecule is S=CNCCCCCn1ccnc1. The summed E-state index contributed by atoms with van der Waals surface area (Å²) in [4.78, 5) is 3.98. The van der Waals surface area contributed by atoms with E-state index in [1.54, 1.807) is 5.49 Å². The summed E-state index contributed by atoms with van der Waals surface area (Å²) in [6.45, 7) is 2.06. The average Bonchev–Trinajstić information content (AvgIpc) is 2.63. The van der Waals surface area contributed by atoms with Crippen molar-refractivity contribution in [1.29, 1.82) is 0 Å². The van der Waals surface area contributed by atoms with Gasteiger partial charge in [-0.25, -0.2) is 4.98 Å². The molecule has 4 heteroatoms. The highest BCUT2D eigenvalue weighted by atomic mass is 32.1. The van der Waals surface area contributed by atoms with E-state index in [2.05, 4.69) is 27.1 Å². The zero-order chi connectivity index (χ0) is 9.36. The fraction of sp³-hybridized carbons (Fsp3) is 0.556. The average molecular weight is 197 g/mol. The third-order valence-electron chi connectivity index (χ3n) is 1.88. The van der Waals surface area contributed by atoms with Gasteiger partial charge in [-0.3, -0.25) is 0 Å². The van der Waals surface area contributed by atoms with Crippen molar-refractivity contribution in [2.75, 3.05) is 6.54 Å². The van der Waals surface area contributed by atoms with E-state index in [0.29, 0.717) is 0 Å². The van der Waals surface area contributed by atoms with Crippen molar-refractivity contribution in [3.8, 4) is 0 Å². The molecule has 0 aliphatic heterocycles. The van der Waals surface area contributed by atoms with Crippen LogP contribution in [0.4, 0.5) is 0 Å². The highest BCUT2D eigenvalue weighted by molar-refractivity contribution is 7.78. The van der Waals surface area contributed by atoms with Gasteiger partial charge in [-0.05, 0) is 19.3 Å². The fourth-order valence-electron chi connectivity index (χ4n) is 1.18. The van der Waals surface area contributed by atoms with Gasteiger partial charge in [0.1, 0.15) is 0 Å². The van der Waals surface area contributed by atoms with Crippen molar-refractivity contribution in [1.82, 2.24) is 14.9 Å². The van der Waals surface area contributed by atoms with Gasteiger partial charge >= 0.3 is 0 Å². The molecule has 13 heavy (non-hydrogen) atoms. The van der Waals surface area contributed by atoms with Crippen molar-refractivity contribution in [3.05, 3.63) is 18.7 Å². The zero-order valence-corrected chi connectivity index (χ0v) is 8.46. The Hall–Kier alpha value is -0.900. The molecule has 72 valence electrons. The molecule has 0 saturated carbocycles. The van der Waals surface area contributed by atoms with E-state index in [9.17, 15) is 0 Å². The minimum atomic E-state index is 0.993. The zero-order valence-electron chi connectivity index (χ0n) is 7.65. The van der Waals surface area contributed by atoms with E-state index in [4.69, 9.17) is 0 Å². The van der Waals surface area contributed by atoms with Crippen molar-refractivity contribution in [2.45, 2.75) is 25.8 Å². The third kappa shape index (κ3) is 4.62. The highest BCUT2D eigenvalue weighted by Crippen LogP contribution is 1.97. The van der Waals surface area contributed by atoms with Crippen molar-refractivity contribution >= 4 is 17.7 Å². The fourth-order valence-corrected chi connectivity index (χ4v) is 1.29. The first kappa shape index (κ1) is 10.2. The van der Waals surface area contributed by atoms with E-state index in [0.717, 1.165) is 13.1 Å². The second kappa shape index (κ2) is 6.60. The van der Waals surface area contributed by atoms with Gasteiger partial charge < -0.3 is 9.88 Å². The number of hydrogen-bond acceptors (Lipinski definition) is 2. The van der Waals surface area contributed by atoms with Gasteiger partial charge in [0.2, 0.25) is 0 Å². The molecule has 0 radical (unpaired) electrons. The Kier molecular flexibility index (Phi) is 5.17. The predicted molar refractivity (Wildman–Crippen MR) is 57.7 cm³/mol. The van der Waals surface area contributed by atoms with Crippen molar-refractivity contribution in [2.24, 2.45) is 0 Å². The molecule has 3 nitrogen and oxygen atoms in total. The lowest BCUT2D eigenvalue weighted by molar-refractivity contribution is 0.584. The van der Waals surface area contributed by atoms with Crippen LogP contribution in [0.25, 0.3) is 0 Å². The van der Waals surface area contributed by atoms with Crippen LogP contribution in [0, 0.1) is 0 Å². The Morgan fingerprint density at radius 3 is 3.00 bits per heavy atom. The third-order valence-corrected chi connectivity index (χ3v) is 2.05. The molecule has 0 fully saturated rings. The summed E-state index contributed by atoms with van der Waals surface area (Å²) in [7, 11) is 0. The smallest absolute Gasteiger partial charge is 0.0945 e. The van der Waals surface area contributed by atoms with E-state index in [-0.39, 0.29) is 0 Å². The van der Waals surface area contributed by atoms with Gasteiger partial charge in [0.15, 0.2) is 0 Å². The van der Waals surface area contributed by atoms with Crippen LogP contribution in [0.1, 0.15) is 19.3 Å². The monoisotopic (exact) mass is 197 g/mol. The highest BCUT2D eigenvalue weighted by Gasteiger charge is 1.90. The van der Waals surface area contributed by atoms with Crippen LogP contribution in [-0.2, 0) is 6.54 Å². The number of hydrogen-bond donors (Lipinski definition) is 1. The number of rotatable bonds is 7. The normalized spacial score (nSPS) is 9.85. The summed E-state index contributed by atoms with van der Waals surface area (Å²) < 4.78 is 2.10.